The maximum Gasteiger partial charge on any atom is 0.260 e. The summed E-state index contributed by atoms with van der Waals surface area (Å²) < 4.78 is 0. The van der Waals surface area contributed by atoms with E-state index in [-0.39, 0.29) is 11.8 Å². The highest BCUT2D eigenvalue weighted by molar-refractivity contribution is 7.14. The van der Waals surface area contributed by atoms with Crippen molar-refractivity contribution >= 4 is 34.0 Å². The molecule has 5 nitrogen and oxygen atoms in total. The highest BCUT2D eigenvalue weighted by Crippen LogP contribution is 2.29. The smallest absolute Gasteiger partial charge is 0.260 e. The number of carbonyl (C=O) groups excluding carboxylic acids is 2. The van der Waals surface area contributed by atoms with Crippen LogP contribution in [-0.2, 0) is 4.79 Å². The maximum atomic E-state index is 13.2. The zero-order valence-electron chi connectivity index (χ0n) is 17.4. The first-order valence-electron chi connectivity index (χ1n) is 9.65. The molecule has 0 aliphatic carbocycles. The van der Waals surface area contributed by atoms with Crippen LogP contribution >= 0.6 is 11.3 Å². The molecule has 1 N–H and O–H groups in total. The lowest BCUT2D eigenvalue weighted by atomic mass is 9.95. The second kappa shape index (κ2) is 9.05. The van der Waals surface area contributed by atoms with E-state index >= 15 is 0 Å². The van der Waals surface area contributed by atoms with Crippen LogP contribution in [0.5, 0.6) is 0 Å². The molecule has 3 rings (SSSR count). The number of benzene rings is 2. The molecule has 154 valence electrons. The normalized spacial score (nSPS) is 11.0. The lowest BCUT2D eigenvalue weighted by Crippen LogP contribution is -2.31. The molecule has 0 radical (unpaired) electrons. The fourth-order valence-corrected chi connectivity index (χ4v) is 3.55. The highest BCUT2D eigenvalue weighted by atomic mass is 32.1. The Kier molecular flexibility index (Phi) is 6.47. The number of thiazole rings is 1. The lowest BCUT2D eigenvalue weighted by molar-refractivity contribution is -0.123. The third kappa shape index (κ3) is 5.02. The van der Waals surface area contributed by atoms with Crippen LogP contribution in [0.1, 0.15) is 31.1 Å². The van der Waals surface area contributed by atoms with Crippen LogP contribution in [0, 0.1) is 5.41 Å². The van der Waals surface area contributed by atoms with E-state index in [4.69, 9.17) is 0 Å². The minimum absolute atomic E-state index is 0.109. The average molecular weight is 420 g/mol. The number of hydrogen-bond donors (Lipinski definition) is 1. The van der Waals surface area contributed by atoms with Gasteiger partial charge < -0.3 is 5.32 Å². The average Bonchev–Trinajstić information content (AvgIpc) is 3.21. The Balaban J connectivity index is 1.86. The van der Waals surface area contributed by atoms with E-state index in [2.05, 4.69) is 16.9 Å². The third-order valence-electron chi connectivity index (χ3n) is 4.40. The minimum atomic E-state index is -0.524. The Hall–Kier alpha value is -3.25. The molecule has 0 saturated carbocycles. The van der Waals surface area contributed by atoms with E-state index in [0.717, 1.165) is 11.3 Å². The van der Waals surface area contributed by atoms with E-state index in [1.807, 2.05) is 56.5 Å². The van der Waals surface area contributed by atoms with Crippen molar-refractivity contribution in [2.24, 2.45) is 5.41 Å². The summed E-state index contributed by atoms with van der Waals surface area (Å²) in [4.78, 5) is 31.8. The predicted octanol–water partition coefficient (Wildman–Crippen LogP) is 5.63. The van der Waals surface area contributed by atoms with E-state index in [1.165, 1.54) is 11.3 Å². The molecule has 0 fully saturated rings. The van der Waals surface area contributed by atoms with Gasteiger partial charge in [-0.05, 0) is 18.2 Å². The van der Waals surface area contributed by atoms with Crippen molar-refractivity contribution in [2.45, 2.75) is 20.8 Å². The van der Waals surface area contributed by atoms with Crippen molar-refractivity contribution in [1.29, 1.82) is 0 Å². The van der Waals surface area contributed by atoms with Crippen molar-refractivity contribution in [1.82, 2.24) is 4.98 Å². The quantitative estimate of drug-likeness (QED) is 0.527. The monoisotopic (exact) mass is 419 g/mol. The number of nitrogens with zero attached hydrogens (tertiary/aromatic N) is 2. The number of aromatic nitrogens is 1. The molecule has 2 amide bonds. The summed E-state index contributed by atoms with van der Waals surface area (Å²) in [5.41, 5.74) is 2.36. The van der Waals surface area contributed by atoms with Gasteiger partial charge in [0, 0.05) is 34.2 Å². The first-order valence-corrected chi connectivity index (χ1v) is 10.5. The lowest BCUT2D eigenvalue weighted by Gasteiger charge is -2.20. The topological polar surface area (TPSA) is 62.3 Å². The van der Waals surface area contributed by atoms with Crippen molar-refractivity contribution < 1.29 is 9.59 Å². The van der Waals surface area contributed by atoms with Crippen LogP contribution in [0.15, 0.2) is 72.6 Å². The van der Waals surface area contributed by atoms with Gasteiger partial charge in [0.15, 0.2) is 5.13 Å². The Morgan fingerprint density at radius 1 is 1.13 bits per heavy atom. The van der Waals surface area contributed by atoms with Gasteiger partial charge in [0.2, 0.25) is 5.91 Å². The maximum absolute atomic E-state index is 13.2. The number of amides is 2. The third-order valence-corrected chi connectivity index (χ3v) is 5.26. The molecule has 0 unspecified atom stereocenters. The zero-order chi connectivity index (χ0) is 21.7. The number of nitrogens with one attached hydrogen (secondary N) is 1. The molecule has 1 heterocycles. The SMILES string of the molecule is C=CCN(C(=O)c1cccc(NC(=O)C(C)(C)C)c1)c1nc(-c2ccccc2)cs1. The molecule has 3 aromatic rings. The van der Waals surface area contributed by atoms with Crippen LogP contribution in [0.4, 0.5) is 10.8 Å². The van der Waals surface area contributed by atoms with Gasteiger partial charge in [0.1, 0.15) is 0 Å². The van der Waals surface area contributed by atoms with Crippen LogP contribution in [0.25, 0.3) is 11.3 Å². The second-order valence-electron chi connectivity index (χ2n) is 7.87. The van der Waals surface area contributed by atoms with Gasteiger partial charge in [-0.1, -0.05) is 63.2 Å². The van der Waals surface area contributed by atoms with E-state index in [9.17, 15) is 9.59 Å². The van der Waals surface area contributed by atoms with Crippen LogP contribution in [-0.4, -0.2) is 23.3 Å². The fourth-order valence-electron chi connectivity index (χ4n) is 2.71. The molecule has 2 aromatic carbocycles. The number of rotatable bonds is 6. The standard InChI is InChI=1S/C24H25N3O2S/c1-5-14-27(23-26-20(16-30-23)17-10-7-6-8-11-17)21(28)18-12-9-13-19(15-18)25-22(29)24(2,3)4/h5-13,15-16H,1,14H2,2-4H3,(H,25,29). The van der Waals surface area contributed by atoms with Crippen molar-refractivity contribution in [3.05, 3.63) is 78.2 Å². The van der Waals surface area contributed by atoms with Crippen LogP contribution in [0.3, 0.4) is 0 Å². The highest BCUT2D eigenvalue weighted by Gasteiger charge is 2.23. The van der Waals surface area contributed by atoms with Gasteiger partial charge >= 0.3 is 0 Å². The molecule has 0 spiro atoms. The van der Waals surface area contributed by atoms with E-state index in [1.54, 1.807) is 35.2 Å². The molecule has 30 heavy (non-hydrogen) atoms. The van der Waals surface area contributed by atoms with E-state index < -0.39 is 5.41 Å². The molecular weight excluding hydrogens is 394 g/mol. The molecule has 0 aliphatic heterocycles. The first kappa shape index (κ1) is 21.5. The molecule has 0 bridgehead atoms. The second-order valence-corrected chi connectivity index (χ2v) is 8.71. The summed E-state index contributed by atoms with van der Waals surface area (Å²) in [6.45, 7) is 9.64. The van der Waals surface area contributed by atoms with Crippen molar-refractivity contribution in [2.75, 3.05) is 16.8 Å². The first-order chi connectivity index (χ1) is 14.3. The van der Waals surface area contributed by atoms with Gasteiger partial charge in [-0.15, -0.1) is 17.9 Å². The van der Waals surface area contributed by atoms with Gasteiger partial charge in [0.05, 0.1) is 5.69 Å². The summed E-state index contributed by atoms with van der Waals surface area (Å²) in [5, 5.41) is 5.41. The molecular formula is C24H25N3O2S. The minimum Gasteiger partial charge on any atom is -0.326 e. The number of carbonyl (C=O) groups is 2. The van der Waals surface area contributed by atoms with E-state index in [0.29, 0.717) is 22.9 Å². The fraction of sp³-hybridized carbons (Fsp3) is 0.208. The largest absolute Gasteiger partial charge is 0.326 e. The summed E-state index contributed by atoms with van der Waals surface area (Å²) in [6, 6.07) is 16.8. The molecule has 1 aromatic heterocycles. The molecule has 6 heteroatoms. The van der Waals surface area contributed by atoms with Gasteiger partial charge in [-0.3, -0.25) is 14.5 Å². The van der Waals surface area contributed by atoms with Gasteiger partial charge in [-0.2, -0.15) is 0 Å². The van der Waals surface area contributed by atoms with Crippen LogP contribution in [0.2, 0.25) is 0 Å². The molecule has 0 atom stereocenters. The number of hydrogen-bond acceptors (Lipinski definition) is 4. The summed E-state index contributed by atoms with van der Waals surface area (Å²) in [7, 11) is 0. The Morgan fingerprint density at radius 3 is 2.53 bits per heavy atom. The summed E-state index contributed by atoms with van der Waals surface area (Å²) in [6.07, 6.45) is 1.67. The zero-order valence-corrected chi connectivity index (χ0v) is 18.2. The summed E-state index contributed by atoms with van der Waals surface area (Å²) >= 11 is 1.41. The van der Waals surface area contributed by atoms with Crippen molar-refractivity contribution in [3.63, 3.8) is 0 Å². The Labute approximate surface area is 181 Å². The van der Waals surface area contributed by atoms with Crippen molar-refractivity contribution in [3.8, 4) is 11.3 Å². The van der Waals surface area contributed by atoms with Gasteiger partial charge in [-0.25, -0.2) is 4.98 Å². The molecule has 0 aliphatic rings. The number of anilines is 2. The van der Waals surface area contributed by atoms with Crippen LogP contribution < -0.4 is 10.2 Å². The molecule has 0 saturated heterocycles. The van der Waals surface area contributed by atoms with Gasteiger partial charge in [0.25, 0.3) is 5.91 Å². The predicted molar refractivity (Wildman–Crippen MR) is 124 cm³/mol. The Morgan fingerprint density at radius 2 is 1.87 bits per heavy atom. The summed E-state index contributed by atoms with van der Waals surface area (Å²) in [5.74, 6) is -0.307. The Bertz CT molecular complexity index is 1050.